The van der Waals surface area contributed by atoms with Crippen molar-refractivity contribution in [2.24, 2.45) is 0 Å². The molecule has 2 aromatic carbocycles. The third kappa shape index (κ3) is 3.68. The summed E-state index contributed by atoms with van der Waals surface area (Å²) in [5.41, 5.74) is 2.20. The first kappa shape index (κ1) is 14.7. The Morgan fingerprint density at radius 3 is 2.50 bits per heavy atom. The second kappa shape index (κ2) is 7.13. The highest BCUT2D eigenvalue weighted by molar-refractivity contribution is 7.99. The maximum Gasteiger partial charge on any atom is 0.276 e. The molecule has 0 N–H and O–H groups in total. The van der Waals surface area contributed by atoms with Crippen LogP contribution >= 0.6 is 11.8 Å². The van der Waals surface area contributed by atoms with Crippen molar-refractivity contribution in [2.75, 3.05) is 12.9 Å². The number of nitrogens with zero attached hydrogens (tertiary/aromatic N) is 2. The summed E-state index contributed by atoms with van der Waals surface area (Å²) in [6, 6.07) is 17.9. The molecule has 3 rings (SSSR count). The van der Waals surface area contributed by atoms with Gasteiger partial charge in [-0.25, -0.2) is 0 Å². The monoisotopic (exact) mass is 312 g/mol. The lowest BCUT2D eigenvalue weighted by Crippen LogP contribution is -1.87. The van der Waals surface area contributed by atoms with Gasteiger partial charge in [-0.2, -0.15) is 0 Å². The van der Waals surface area contributed by atoms with Crippen LogP contribution < -0.4 is 4.74 Å². The Kier molecular flexibility index (Phi) is 4.75. The Balaban J connectivity index is 1.58. The number of methoxy groups -OCH3 is 1. The van der Waals surface area contributed by atoms with Gasteiger partial charge in [-0.3, -0.25) is 0 Å². The Bertz CT molecular complexity index is 711. The quantitative estimate of drug-likeness (QED) is 0.642. The molecule has 0 aliphatic carbocycles. The van der Waals surface area contributed by atoms with Crippen LogP contribution in [0.25, 0.3) is 11.5 Å². The van der Waals surface area contributed by atoms with Crippen LogP contribution in [0.2, 0.25) is 0 Å². The molecule has 0 unspecified atom stereocenters. The maximum absolute atomic E-state index is 5.68. The second-order valence-electron chi connectivity index (χ2n) is 4.69. The summed E-state index contributed by atoms with van der Waals surface area (Å²) in [7, 11) is 1.64. The Hall–Kier alpha value is -2.27. The van der Waals surface area contributed by atoms with E-state index in [1.807, 2.05) is 30.3 Å². The molecule has 0 saturated heterocycles. The van der Waals surface area contributed by atoms with Crippen LogP contribution in [0.1, 0.15) is 5.56 Å². The summed E-state index contributed by atoms with van der Waals surface area (Å²) in [6.07, 6.45) is 0.978. The number of ether oxygens (including phenoxy) is 1. The summed E-state index contributed by atoms with van der Waals surface area (Å²) in [6.45, 7) is 0. The zero-order valence-corrected chi connectivity index (χ0v) is 13.0. The summed E-state index contributed by atoms with van der Waals surface area (Å²) in [4.78, 5) is 0. The highest BCUT2D eigenvalue weighted by Crippen LogP contribution is 2.25. The van der Waals surface area contributed by atoms with E-state index in [4.69, 9.17) is 9.15 Å². The number of aryl methyl sites for hydroxylation is 1. The fourth-order valence-corrected chi connectivity index (χ4v) is 2.77. The number of thioether (sulfide) groups is 1. The van der Waals surface area contributed by atoms with E-state index < -0.39 is 0 Å². The lowest BCUT2D eigenvalue weighted by Gasteiger charge is -1.99. The van der Waals surface area contributed by atoms with E-state index >= 15 is 0 Å². The van der Waals surface area contributed by atoms with Crippen molar-refractivity contribution in [2.45, 2.75) is 11.6 Å². The molecule has 0 spiro atoms. The van der Waals surface area contributed by atoms with E-state index in [1.165, 1.54) is 5.56 Å². The van der Waals surface area contributed by atoms with Crippen molar-refractivity contribution in [3.05, 3.63) is 60.2 Å². The highest BCUT2D eigenvalue weighted by Gasteiger charge is 2.09. The van der Waals surface area contributed by atoms with E-state index in [2.05, 4.69) is 34.5 Å². The summed E-state index contributed by atoms with van der Waals surface area (Å²) >= 11 is 1.57. The minimum Gasteiger partial charge on any atom is -0.497 e. The van der Waals surface area contributed by atoms with E-state index in [0.717, 1.165) is 23.5 Å². The smallest absolute Gasteiger partial charge is 0.276 e. The molecule has 0 amide bonds. The average molecular weight is 312 g/mol. The molecule has 0 atom stereocenters. The maximum atomic E-state index is 5.68. The van der Waals surface area contributed by atoms with Crippen LogP contribution in [-0.4, -0.2) is 23.1 Å². The molecule has 0 bridgehead atoms. The van der Waals surface area contributed by atoms with Gasteiger partial charge in [0.1, 0.15) is 5.75 Å². The van der Waals surface area contributed by atoms with E-state index in [9.17, 15) is 0 Å². The SMILES string of the molecule is COc1ccc(-c2nnc(SCCc3ccccc3)o2)cc1. The number of hydrogen-bond donors (Lipinski definition) is 0. The Labute approximate surface area is 133 Å². The van der Waals surface area contributed by atoms with Gasteiger partial charge in [0.2, 0.25) is 5.89 Å². The third-order valence-corrected chi connectivity index (χ3v) is 4.02. The molecule has 1 aromatic heterocycles. The Morgan fingerprint density at radius 1 is 1.00 bits per heavy atom. The minimum atomic E-state index is 0.532. The van der Waals surface area contributed by atoms with Gasteiger partial charge in [-0.1, -0.05) is 42.1 Å². The molecule has 0 aliphatic rings. The molecule has 3 aromatic rings. The van der Waals surface area contributed by atoms with Gasteiger partial charge in [0.15, 0.2) is 0 Å². The summed E-state index contributed by atoms with van der Waals surface area (Å²) in [5, 5.41) is 8.77. The molecular weight excluding hydrogens is 296 g/mol. The molecule has 0 saturated carbocycles. The molecule has 22 heavy (non-hydrogen) atoms. The van der Waals surface area contributed by atoms with Crippen molar-refractivity contribution in [3.8, 4) is 17.2 Å². The fourth-order valence-electron chi connectivity index (χ4n) is 2.02. The largest absolute Gasteiger partial charge is 0.497 e. The van der Waals surface area contributed by atoms with Crippen LogP contribution in [0.5, 0.6) is 5.75 Å². The number of rotatable bonds is 6. The molecule has 4 nitrogen and oxygen atoms in total. The van der Waals surface area contributed by atoms with Gasteiger partial charge in [0.25, 0.3) is 5.22 Å². The minimum absolute atomic E-state index is 0.532. The van der Waals surface area contributed by atoms with Gasteiger partial charge in [0, 0.05) is 11.3 Å². The topological polar surface area (TPSA) is 48.2 Å². The zero-order valence-electron chi connectivity index (χ0n) is 12.2. The zero-order chi connectivity index (χ0) is 15.2. The fraction of sp³-hybridized carbons (Fsp3) is 0.176. The van der Waals surface area contributed by atoms with Gasteiger partial charge < -0.3 is 9.15 Å². The molecule has 112 valence electrons. The van der Waals surface area contributed by atoms with E-state index in [1.54, 1.807) is 18.9 Å². The lowest BCUT2D eigenvalue weighted by molar-refractivity contribution is 0.414. The van der Waals surface area contributed by atoms with Crippen LogP contribution in [0.3, 0.4) is 0 Å². The molecule has 5 heteroatoms. The summed E-state index contributed by atoms with van der Waals surface area (Å²) in [5.74, 6) is 2.25. The van der Waals surface area contributed by atoms with Gasteiger partial charge in [-0.05, 0) is 36.2 Å². The number of benzene rings is 2. The molecule has 0 radical (unpaired) electrons. The first-order chi connectivity index (χ1) is 10.8. The van der Waals surface area contributed by atoms with E-state index in [0.29, 0.717) is 11.1 Å². The second-order valence-corrected chi connectivity index (χ2v) is 5.73. The Morgan fingerprint density at radius 2 is 1.77 bits per heavy atom. The van der Waals surface area contributed by atoms with E-state index in [-0.39, 0.29) is 0 Å². The number of hydrogen-bond acceptors (Lipinski definition) is 5. The first-order valence-corrected chi connectivity index (χ1v) is 7.98. The lowest BCUT2D eigenvalue weighted by atomic mass is 10.2. The van der Waals surface area contributed by atoms with Crippen LogP contribution in [0.4, 0.5) is 0 Å². The van der Waals surface area contributed by atoms with Crippen LogP contribution in [0.15, 0.2) is 64.2 Å². The normalized spacial score (nSPS) is 10.6. The third-order valence-electron chi connectivity index (χ3n) is 3.20. The van der Waals surface area contributed by atoms with Crippen molar-refractivity contribution >= 4 is 11.8 Å². The van der Waals surface area contributed by atoms with Crippen molar-refractivity contribution in [1.82, 2.24) is 10.2 Å². The van der Waals surface area contributed by atoms with Gasteiger partial charge in [0.05, 0.1) is 7.11 Å². The predicted molar refractivity (Wildman–Crippen MR) is 87.2 cm³/mol. The summed E-state index contributed by atoms with van der Waals surface area (Å²) < 4.78 is 10.8. The average Bonchev–Trinajstić information content (AvgIpc) is 3.05. The van der Waals surface area contributed by atoms with Gasteiger partial charge in [-0.15, -0.1) is 10.2 Å². The number of aromatic nitrogens is 2. The standard InChI is InChI=1S/C17H16N2O2S/c1-20-15-9-7-14(8-10-15)16-18-19-17(21-16)22-12-11-13-5-3-2-4-6-13/h2-10H,11-12H2,1H3. The predicted octanol–water partition coefficient (Wildman–Crippen LogP) is 4.08. The van der Waals surface area contributed by atoms with Gasteiger partial charge >= 0.3 is 0 Å². The molecule has 0 fully saturated rings. The first-order valence-electron chi connectivity index (χ1n) is 7.00. The molecular formula is C17H16N2O2S. The van der Waals surface area contributed by atoms with Crippen LogP contribution in [0, 0.1) is 0 Å². The molecule has 1 heterocycles. The molecule has 0 aliphatic heterocycles. The van der Waals surface area contributed by atoms with Crippen molar-refractivity contribution in [1.29, 1.82) is 0 Å². The highest BCUT2D eigenvalue weighted by atomic mass is 32.2. The van der Waals surface area contributed by atoms with Crippen molar-refractivity contribution < 1.29 is 9.15 Å². The van der Waals surface area contributed by atoms with Crippen molar-refractivity contribution in [3.63, 3.8) is 0 Å². The van der Waals surface area contributed by atoms with Crippen LogP contribution in [-0.2, 0) is 6.42 Å².